The van der Waals surface area contributed by atoms with Crippen LogP contribution in [0.25, 0.3) is 0 Å². The summed E-state index contributed by atoms with van der Waals surface area (Å²) in [5.41, 5.74) is -1.94. The van der Waals surface area contributed by atoms with Crippen LogP contribution in [-0.2, 0) is 37.9 Å². The SMILES string of the molecule is C[C@H]1[C@H](O[C@H]2[C@H](O[C@H](CC[C@@H](C)C3CC[C@@]4(C)C5CC=C6C(CC[C@H](O[C@@H]7O[C@H](CO)[C@@H](O)[C@H](O)[C@H]7O)C6(C)C)[C@]5(C)[C@H](O)C[C@]34C)C(C)(C)O)O[C@H](CO[C@H]3O[C@H](CO)[C@@H](O)[C@H](O)[C@H]3O)[C@@H](O)[C@@H]2O)O[C@H](CO)[C@@H](O)[C@@H]1O. The summed E-state index contributed by atoms with van der Waals surface area (Å²) < 4.78 is 48.5. The van der Waals surface area contributed by atoms with E-state index in [0.29, 0.717) is 25.7 Å². The van der Waals surface area contributed by atoms with Gasteiger partial charge in [-0.3, -0.25) is 0 Å². The molecule has 4 heterocycles. The van der Waals surface area contributed by atoms with Gasteiger partial charge in [0.25, 0.3) is 0 Å². The lowest BCUT2D eigenvalue weighted by Gasteiger charge is -2.67. The number of rotatable bonds is 17. The fraction of sp³-hybridized carbons (Fsp3) is 0.964. The standard InChI is InChI=1S/C55H94O23/c1-23(25-16-17-53(7)32-13-11-26-27(55(32,9)33(59)18-54(25,53)8)12-15-34(51(26,3)4)76-49-45(69)42(66)39(63)30(21-58)74-49)10-14-35(52(5,6)70)77-50-46(78-47-24(2)36(60)37(61)28(19-56)72-47)43(67)40(64)31(75-50)22-71-48-44(68)41(65)38(62)29(20-57)73-48/h11,23-25,27-50,56-70H,10,12-22H2,1-9H3/t23-,24-,25?,27?,28-,29-,30-,31-,32?,33-,34+,35-,36-,37-,38-,39-,40-,41+,42+,43+,44-,45-,46-,47+,48+,49+,50+,53+,54-,55+/m1/s1. The molecule has 4 aliphatic heterocycles. The fourth-order valence-electron chi connectivity index (χ4n) is 15.8. The van der Waals surface area contributed by atoms with Gasteiger partial charge in [0.2, 0.25) is 0 Å². The highest BCUT2D eigenvalue weighted by Gasteiger charge is 2.70. The Morgan fingerprint density at radius 3 is 1.74 bits per heavy atom. The summed E-state index contributed by atoms with van der Waals surface area (Å²) in [6.07, 6.45) is -23.4. The minimum absolute atomic E-state index is 0.0208. The zero-order valence-electron chi connectivity index (χ0n) is 46.6. The molecule has 8 rings (SSSR count). The van der Waals surface area contributed by atoms with E-state index in [9.17, 15) is 76.6 Å². The van der Waals surface area contributed by atoms with Crippen molar-refractivity contribution in [3.63, 3.8) is 0 Å². The van der Waals surface area contributed by atoms with Crippen molar-refractivity contribution in [3.8, 4) is 0 Å². The van der Waals surface area contributed by atoms with Gasteiger partial charge >= 0.3 is 0 Å². The Hall–Kier alpha value is -1.18. The van der Waals surface area contributed by atoms with Gasteiger partial charge in [-0.05, 0) is 99.7 Å². The molecule has 4 saturated heterocycles. The molecule has 0 amide bonds. The third-order valence-corrected chi connectivity index (χ3v) is 21.1. The van der Waals surface area contributed by atoms with Crippen LogP contribution in [0, 0.1) is 51.2 Å². The Bertz CT molecular complexity index is 2020. The van der Waals surface area contributed by atoms with E-state index in [2.05, 4.69) is 47.6 Å². The maximum Gasteiger partial charge on any atom is 0.187 e. The maximum atomic E-state index is 12.7. The first-order valence-corrected chi connectivity index (χ1v) is 28.4. The molecule has 0 aromatic carbocycles. The molecule has 15 N–H and O–H groups in total. The van der Waals surface area contributed by atoms with E-state index in [4.69, 9.17) is 37.9 Å². The summed E-state index contributed by atoms with van der Waals surface area (Å²) in [7, 11) is 0. The summed E-state index contributed by atoms with van der Waals surface area (Å²) in [6.45, 7) is 15.4. The molecule has 4 aliphatic carbocycles. The molecule has 0 bridgehead atoms. The normalized spacial score (nSPS) is 51.4. The van der Waals surface area contributed by atoms with Gasteiger partial charge in [0, 0.05) is 16.7 Å². The molecule has 78 heavy (non-hydrogen) atoms. The molecule has 30 atom stereocenters. The predicted molar refractivity (Wildman–Crippen MR) is 271 cm³/mol. The molecular formula is C55H94O23. The smallest absolute Gasteiger partial charge is 0.187 e. The summed E-state index contributed by atoms with van der Waals surface area (Å²) in [5.74, 6) is -0.614. The topological polar surface area (TPSA) is 377 Å². The quantitative estimate of drug-likeness (QED) is 0.0704. The van der Waals surface area contributed by atoms with Crippen molar-refractivity contribution < 1.29 is 114 Å². The second-order valence-corrected chi connectivity index (χ2v) is 26.2. The molecule has 3 saturated carbocycles. The number of hydrogen-bond acceptors (Lipinski definition) is 23. The largest absolute Gasteiger partial charge is 0.394 e. The van der Waals surface area contributed by atoms with E-state index in [1.165, 1.54) is 12.5 Å². The van der Waals surface area contributed by atoms with Gasteiger partial charge in [0.15, 0.2) is 25.2 Å². The van der Waals surface area contributed by atoms with Gasteiger partial charge in [0.05, 0.1) is 56.4 Å². The lowest BCUT2D eigenvalue weighted by Crippen LogP contribution is -2.65. The van der Waals surface area contributed by atoms with Crippen molar-refractivity contribution in [2.75, 3.05) is 26.4 Å². The van der Waals surface area contributed by atoms with Crippen LogP contribution in [0.5, 0.6) is 0 Å². The van der Waals surface area contributed by atoms with Gasteiger partial charge in [-0.1, -0.05) is 60.1 Å². The number of aliphatic hydroxyl groups excluding tert-OH is 14. The molecule has 23 heteroatoms. The first kappa shape index (κ1) is 62.9. The van der Waals surface area contributed by atoms with Crippen molar-refractivity contribution in [3.05, 3.63) is 11.6 Å². The van der Waals surface area contributed by atoms with Crippen molar-refractivity contribution in [2.45, 2.75) is 254 Å². The van der Waals surface area contributed by atoms with Crippen molar-refractivity contribution in [1.82, 2.24) is 0 Å². The Balaban J connectivity index is 0.987. The van der Waals surface area contributed by atoms with Crippen molar-refractivity contribution in [2.24, 2.45) is 51.2 Å². The summed E-state index contributed by atoms with van der Waals surface area (Å²) >= 11 is 0. The molecule has 23 nitrogen and oxygen atoms in total. The van der Waals surface area contributed by atoms with E-state index in [-0.39, 0.29) is 40.9 Å². The Morgan fingerprint density at radius 1 is 0.615 bits per heavy atom. The highest BCUT2D eigenvalue weighted by Crippen LogP contribution is 2.75. The molecule has 3 unspecified atom stereocenters. The number of fused-ring (bicyclic) bond motifs is 5. The summed E-state index contributed by atoms with van der Waals surface area (Å²) in [6, 6.07) is 0. The van der Waals surface area contributed by atoms with Crippen LogP contribution in [0.2, 0.25) is 0 Å². The van der Waals surface area contributed by atoms with Crippen LogP contribution in [0.4, 0.5) is 0 Å². The molecule has 452 valence electrons. The molecular weight excluding hydrogens is 1030 g/mol. The molecule has 0 radical (unpaired) electrons. The number of hydrogen-bond donors (Lipinski definition) is 15. The van der Waals surface area contributed by atoms with Gasteiger partial charge in [-0.2, -0.15) is 0 Å². The zero-order valence-corrected chi connectivity index (χ0v) is 46.6. The highest BCUT2D eigenvalue weighted by molar-refractivity contribution is 5.32. The zero-order chi connectivity index (χ0) is 57.5. The second kappa shape index (κ2) is 23.7. The van der Waals surface area contributed by atoms with E-state index in [1.807, 2.05) is 0 Å². The Kier molecular flexibility index (Phi) is 19.1. The molecule has 0 aromatic rings. The van der Waals surface area contributed by atoms with E-state index >= 15 is 0 Å². The van der Waals surface area contributed by atoms with Crippen molar-refractivity contribution >= 4 is 0 Å². The van der Waals surface area contributed by atoms with E-state index in [1.54, 1.807) is 13.8 Å². The van der Waals surface area contributed by atoms with Gasteiger partial charge in [-0.25, -0.2) is 0 Å². The van der Waals surface area contributed by atoms with Crippen LogP contribution >= 0.6 is 0 Å². The lowest BCUT2D eigenvalue weighted by molar-refractivity contribution is -0.375. The Morgan fingerprint density at radius 2 is 1.15 bits per heavy atom. The molecule has 7 fully saturated rings. The van der Waals surface area contributed by atoms with Crippen molar-refractivity contribution in [1.29, 1.82) is 0 Å². The minimum Gasteiger partial charge on any atom is -0.394 e. The molecule has 8 aliphatic rings. The Labute approximate surface area is 457 Å². The molecule has 0 aromatic heterocycles. The highest BCUT2D eigenvalue weighted by atomic mass is 16.8. The maximum absolute atomic E-state index is 12.7. The third-order valence-electron chi connectivity index (χ3n) is 21.1. The monoisotopic (exact) mass is 1120 g/mol. The molecule has 0 spiro atoms. The summed E-state index contributed by atoms with van der Waals surface area (Å²) in [4.78, 5) is 0. The lowest BCUT2D eigenvalue weighted by atomic mass is 9.38. The van der Waals surface area contributed by atoms with Crippen LogP contribution < -0.4 is 0 Å². The van der Waals surface area contributed by atoms with Crippen LogP contribution in [0.1, 0.15) is 114 Å². The number of allylic oxidation sites excluding steroid dienone is 1. The van der Waals surface area contributed by atoms with Crippen LogP contribution in [0.3, 0.4) is 0 Å². The van der Waals surface area contributed by atoms with Crippen LogP contribution in [-0.4, -0.2) is 244 Å². The summed E-state index contributed by atoms with van der Waals surface area (Å²) in [5, 5.41) is 162. The van der Waals surface area contributed by atoms with E-state index < -0.39 is 184 Å². The average Bonchev–Trinajstić information content (AvgIpc) is 3.87. The fourth-order valence-corrected chi connectivity index (χ4v) is 15.8. The first-order chi connectivity index (χ1) is 36.4. The first-order valence-electron chi connectivity index (χ1n) is 28.4. The predicted octanol–water partition coefficient (Wildman–Crippen LogP) is -1.96. The van der Waals surface area contributed by atoms with E-state index in [0.717, 1.165) is 19.3 Å². The van der Waals surface area contributed by atoms with Gasteiger partial charge in [-0.15, -0.1) is 0 Å². The van der Waals surface area contributed by atoms with Gasteiger partial charge in [0.1, 0.15) is 85.5 Å². The number of aliphatic hydroxyl groups is 15. The third kappa shape index (κ3) is 11.0. The van der Waals surface area contributed by atoms with Gasteiger partial charge < -0.3 is 114 Å². The number of ether oxygens (including phenoxy) is 8. The minimum atomic E-state index is -1.82. The second-order valence-electron chi connectivity index (χ2n) is 26.2. The van der Waals surface area contributed by atoms with Crippen LogP contribution in [0.15, 0.2) is 11.6 Å². The average molecular weight is 1120 g/mol.